The van der Waals surface area contributed by atoms with Crippen LogP contribution >= 0.6 is 11.3 Å². The summed E-state index contributed by atoms with van der Waals surface area (Å²) < 4.78 is 40.3. The molecule has 0 saturated carbocycles. The summed E-state index contributed by atoms with van der Waals surface area (Å²) in [6, 6.07) is 16.5. The van der Waals surface area contributed by atoms with E-state index in [1.807, 2.05) is 6.07 Å². The van der Waals surface area contributed by atoms with Gasteiger partial charge < -0.3 is 5.32 Å². The minimum Gasteiger partial charge on any atom is -0.348 e. The third-order valence-corrected chi connectivity index (χ3v) is 8.52. The molecule has 0 bridgehead atoms. The number of benzene rings is 2. The summed E-state index contributed by atoms with van der Waals surface area (Å²) in [6.07, 6.45) is 1.79. The van der Waals surface area contributed by atoms with Crippen molar-refractivity contribution in [3.8, 4) is 10.4 Å². The highest BCUT2D eigenvalue weighted by Gasteiger charge is 2.28. The lowest BCUT2D eigenvalue weighted by molar-refractivity contribution is 0.0951. The fraction of sp³-hybridized carbons (Fsp3) is 0.227. The quantitative estimate of drug-likeness (QED) is 0.618. The van der Waals surface area contributed by atoms with Crippen LogP contribution in [0.15, 0.2) is 64.9 Å². The highest BCUT2D eigenvalue weighted by Crippen LogP contribution is 2.33. The Morgan fingerprint density at radius 2 is 1.77 bits per heavy atom. The lowest BCUT2D eigenvalue weighted by atomic mass is 10.1. The van der Waals surface area contributed by atoms with E-state index in [4.69, 9.17) is 0 Å². The van der Waals surface area contributed by atoms with Crippen LogP contribution in [0.3, 0.4) is 0 Å². The van der Waals surface area contributed by atoms with Gasteiger partial charge in [0, 0.05) is 30.1 Å². The predicted molar refractivity (Wildman–Crippen MR) is 115 cm³/mol. The van der Waals surface area contributed by atoms with Gasteiger partial charge in [0.25, 0.3) is 15.9 Å². The zero-order valence-electron chi connectivity index (χ0n) is 16.2. The molecule has 1 fully saturated rings. The largest absolute Gasteiger partial charge is 0.348 e. The van der Waals surface area contributed by atoms with Crippen molar-refractivity contribution in [3.63, 3.8) is 0 Å². The van der Waals surface area contributed by atoms with Gasteiger partial charge in [-0.3, -0.25) is 4.79 Å². The lowest BCUT2D eigenvalue weighted by Gasteiger charge is -2.13. The molecule has 0 unspecified atom stereocenters. The first-order valence-corrected chi connectivity index (χ1v) is 11.9. The van der Waals surface area contributed by atoms with Crippen LogP contribution in [0.25, 0.3) is 10.4 Å². The minimum absolute atomic E-state index is 0.248. The summed E-state index contributed by atoms with van der Waals surface area (Å²) in [6.45, 7) is 1.43. The Balaban J connectivity index is 1.48. The number of carbonyl (C=O) groups is 1. The summed E-state index contributed by atoms with van der Waals surface area (Å²) in [7, 11) is -3.45. The Kier molecular flexibility index (Phi) is 5.99. The van der Waals surface area contributed by atoms with Crippen LogP contribution in [0, 0.1) is 5.82 Å². The zero-order chi connectivity index (χ0) is 21.1. The first-order chi connectivity index (χ1) is 14.4. The molecule has 2 heterocycles. The van der Waals surface area contributed by atoms with E-state index in [2.05, 4.69) is 5.32 Å². The summed E-state index contributed by atoms with van der Waals surface area (Å²) in [5, 5.41) is 2.82. The Morgan fingerprint density at radius 3 is 2.50 bits per heavy atom. The molecule has 1 aliphatic heterocycles. The molecule has 1 saturated heterocycles. The van der Waals surface area contributed by atoms with E-state index in [0.717, 1.165) is 28.8 Å². The molecule has 1 aromatic heterocycles. The van der Waals surface area contributed by atoms with Gasteiger partial charge in [0.2, 0.25) is 0 Å². The molecular weight excluding hydrogens is 423 g/mol. The van der Waals surface area contributed by atoms with Crippen molar-refractivity contribution in [2.45, 2.75) is 23.6 Å². The molecule has 2 aromatic carbocycles. The van der Waals surface area contributed by atoms with Crippen LogP contribution in [0.1, 0.15) is 28.8 Å². The molecule has 5 nitrogen and oxygen atoms in total. The average molecular weight is 445 g/mol. The molecule has 156 valence electrons. The Labute approximate surface area is 179 Å². The number of hydrogen-bond donors (Lipinski definition) is 1. The number of carbonyl (C=O) groups excluding carboxylic acids is 1. The molecule has 1 N–H and O–H groups in total. The number of nitrogens with one attached hydrogen (secondary N) is 1. The Morgan fingerprint density at radius 1 is 1.03 bits per heavy atom. The molecule has 0 aliphatic carbocycles. The summed E-state index contributed by atoms with van der Waals surface area (Å²) in [5.41, 5.74) is 2.07. The van der Waals surface area contributed by atoms with Crippen molar-refractivity contribution in [2.24, 2.45) is 0 Å². The van der Waals surface area contributed by atoms with Gasteiger partial charge in [-0.05, 0) is 60.4 Å². The van der Waals surface area contributed by atoms with E-state index < -0.39 is 10.0 Å². The fourth-order valence-electron chi connectivity index (χ4n) is 3.37. The molecule has 0 spiro atoms. The summed E-state index contributed by atoms with van der Waals surface area (Å²) in [5.74, 6) is -0.567. The van der Waals surface area contributed by atoms with E-state index in [1.165, 1.54) is 27.8 Å². The monoisotopic (exact) mass is 444 g/mol. The molecule has 4 rings (SSSR count). The van der Waals surface area contributed by atoms with Crippen LogP contribution in [-0.2, 0) is 16.6 Å². The van der Waals surface area contributed by atoms with Crippen LogP contribution in [-0.4, -0.2) is 31.7 Å². The number of amides is 1. The number of thiophene rings is 1. The summed E-state index contributed by atoms with van der Waals surface area (Å²) >= 11 is 1.21. The van der Waals surface area contributed by atoms with E-state index in [-0.39, 0.29) is 11.7 Å². The fourth-order valence-corrected chi connectivity index (χ4v) is 6.34. The predicted octanol–water partition coefficient (Wildman–Crippen LogP) is 4.27. The highest BCUT2D eigenvalue weighted by molar-refractivity contribution is 7.91. The first kappa shape index (κ1) is 20.7. The summed E-state index contributed by atoms with van der Waals surface area (Å²) in [4.78, 5) is 13.3. The third-order valence-electron chi connectivity index (χ3n) is 5.02. The highest BCUT2D eigenvalue weighted by atomic mass is 32.2. The molecule has 8 heteroatoms. The van der Waals surface area contributed by atoms with Gasteiger partial charge in [-0.1, -0.05) is 24.3 Å². The zero-order valence-corrected chi connectivity index (χ0v) is 17.8. The van der Waals surface area contributed by atoms with Gasteiger partial charge in [-0.15, -0.1) is 11.3 Å². The van der Waals surface area contributed by atoms with Crippen LogP contribution < -0.4 is 5.32 Å². The number of halogens is 1. The topological polar surface area (TPSA) is 66.5 Å². The molecule has 3 aromatic rings. The number of rotatable bonds is 6. The van der Waals surface area contributed by atoms with Crippen LogP contribution in [0.4, 0.5) is 4.39 Å². The molecular formula is C22H21FN2O3S2. The SMILES string of the molecule is O=C(NCc1ccc(F)cc1)c1cccc(-c2ccc(S(=O)(=O)N3CCCC3)s2)c1. The van der Waals surface area contributed by atoms with Gasteiger partial charge in [-0.2, -0.15) is 4.31 Å². The van der Waals surface area contributed by atoms with E-state index in [0.29, 0.717) is 29.4 Å². The van der Waals surface area contributed by atoms with Crippen molar-refractivity contribution in [2.75, 3.05) is 13.1 Å². The second-order valence-electron chi connectivity index (χ2n) is 7.12. The van der Waals surface area contributed by atoms with Crippen molar-refractivity contribution in [1.29, 1.82) is 0 Å². The lowest BCUT2D eigenvalue weighted by Crippen LogP contribution is -2.27. The van der Waals surface area contributed by atoms with Crippen molar-refractivity contribution in [1.82, 2.24) is 9.62 Å². The van der Waals surface area contributed by atoms with E-state index >= 15 is 0 Å². The van der Waals surface area contributed by atoms with Crippen molar-refractivity contribution in [3.05, 3.63) is 77.6 Å². The van der Waals surface area contributed by atoms with Gasteiger partial charge in [0.05, 0.1) is 0 Å². The number of sulfonamides is 1. The molecule has 30 heavy (non-hydrogen) atoms. The smallest absolute Gasteiger partial charge is 0.252 e. The van der Waals surface area contributed by atoms with Crippen molar-refractivity contribution >= 4 is 27.3 Å². The second kappa shape index (κ2) is 8.67. The molecule has 1 amide bonds. The van der Waals surface area contributed by atoms with E-state index in [1.54, 1.807) is 42.5 Å². The Bertz CT molecular complexity index is 1150. The van der Waals surface area contributed by atoms with E-state index in [9.17, 15) is 17.6 Å². The van der Waals surface area contributed by atoms with Crippen LogP contribution in [0.5, 0.6) is 0 Å². The van der Waals surface area contributed by atoms with Crippen molar-refractivity contribution < 1.29 is 17.6 Å². The maximum atomic E-state index is 13.0. The molecule has 1 aliphatic rings. The standard InChI is InChI=1S/C22H21FN2O3S2/c23-19-8-6-16(7-9-19)15-24-22(26)18-5-3-4-17(14-18)20-10-11-21(29-20)30(27,28)25-12-1-2-13-25/h3-11,14H,1-2,12-13,15H2,(H,24,26). The maximum Gasteiger partial charge on any atom is 0.252 e. The number of hydrogen-bond acceptors (Lipinski definition) is 4. The van der Waals surface area contributed by atoms with Gasteiger partial charge >= 0.3 is 0 Å². The third kappa shape index (κ3) is 4.45. The first-order valence-electron chi connectivity index (χ1n) is 9.66. The average Bonchev–Trinajstić information content (AvgIpc) is 3.46. The normalized spacial score (nSPS) is 14.7. The van der Waals surface area contributed by atoms with Gasteiger partial charge in [0.1, 0.15) is 10.0 Å². The maximum absolute atomic E-state index is 13.0. The molecule has 0 atom stereocenters. The van der Waals surface area contributed by atoms with Gasteiger partial charge in [-0.25, -0.2) is 12.8 Å². The number of nitrogens with zero attached hydrogens (tertiary/aromatic N) is 1. The van der Waals surface area contributed by atoms with Crippen LogP contribution in [0.2, 0.25) is 0 Å². The second-order valence-corrected chi connectivity index (χ2v) is 10.4. The molecule has 0 radical (unpaired) electrons. The Hall–Kier alpha value is -2.55. The minimum atomic E-state index is -3.45. The van der Waals surface area contributed by atoms with Gasteiger partial charge in [0.15, 0.2) is 0 Å².